The Kier molecular flexibility index (Phi) is 5.56. The first-order valence-electron chi connectivity index (χ1n) is 8.18. The molecule has 7 nitrogen and oxygen atoms in total. The van der Waals surface area contributed by atoms with E-state index in [9.17, 15) is 4.79 Å². The number of thiocarbonyl (C=S) groups is 1. The van der Waals surface area contributed by atoms with E-state index in [0.717, 1.165) is 11.1 Å². The minimum atomic E-state index is -0.514. The summed E-state index contributed by atoms with van der Waals surface area (Å²) in [6.07, 6.45) is -0.173. The van der Waals surface area contributed by atoms with Crippen LogP contribution in [0.4, 0.5) is 0 Å². The average molecular weight is 385 g/mol. The van der Waals surface area contributed by atoms with Crippen molar-refractivity contribution in [3.8, 4) is 11.5 Å². The number of carbonyl (C=O) groups excluding carboxylic acids is 1. The standard InChI is InChI=1S/C19H19N3O4S/c1-24-14-9-8-12-15(26-18(23)16(12)17(14)25-2)10-13(21-22-19(20)27)11-6-4-3-5-7-11/h3-9,15H,10H2,1-2H3,(H3,20,22,27)/b21-13-. The highest BCUT2D eigenvalue weighted by Crippen LogP contribution is 2.43. The largest absolute Gasteiger partial charge is 0.493 e. The maximum absolute atomic E-state index is 12.5. The fourth-order valence-electron chi connectivity index (χ4n) is 2.98. The lowest BCUT2D eigenvalue weighted by Crippen LogP contribution is -2.26. The summed E-state index contributed by atoms with van der Waals surface area (Å²) in [5, 5.41) is 4.34. The Hall–Kier alpha value is -3.13. The van der Waals surface area contributed by atoms with Gasteiger partial charge in [-0.25, -0.2) is 4.79 Å². The second kappa shape index (κ2) is 8.05. The van der Waals surface area contributed by atoms with Gasteiger partial charge in [0.1, 0.15) is 11.7 Å². The summed E-state index contributed by atoms with van der Waals surface area (Å²) in [6.45, 7) is 0. The number of hydrazone groups is 1. The van der Waals surface area contributed by atoms with Gasteiger partial charge in [0.15, 0.2) is 16.6 Å². The van der Waals surface area contributed by atoms with Crippen molar-refractivity contribution < 1.29 is 19.0 Å². The van der Waals surface area contributed by atoms with Crippen LogP contribution >= 0.6 is 12.2 Å². The molecule has 0 radical (unpaired) electrons. The molecule has 1 atom stereocenters. The van der Waals surface area contributed by atoms with Gasteiger partial charge in [0.05, 0.1) is 19.9 Å². The van der Waals surface area contributed by atoms with E-state index < -0.39 is 12.1 Å². The number of nitrogens with zero attached hydrogens (tertiary/aromatic N) is 1. The predicted octanol–water partition coefficient (Wildman–Crippen LogP) is 2.54. The Balaban J connectivity index is 1.97. The first-order valence-corrected chi connectivity index (χ1v) is 8.59. The fourth-order valence-corrected chi connectivity index (χ4v) is 3.03. The van der Waals surface area contributed by atoms with Gasteiger partial charge in [0, 0.05) is 12.0 Å². The van der Waals surface area contributed by atoms with E-state index in [1.807, 2.05) is 30.3 Å². The zero-order chi connectivity index (χ0) is 19.4. The minimum absolute atomic E-state index is 0.0543. The molecule has 3 rings (SSSR count). The molecule has 27 heavy (non-hydrogen) atoms. The first-order chi connectivity index (χ1) is 13.0. The number of carbonyl (C=O) groups is 1. The van der Waals surface area contributed by atoms with Gasteiger partial charge in [-0.15, -0.1) is 0 Å². The summed E-state index contributed by atoms with van der Waals surface area (Å²) in [5.74, 6) is 0.378. The van der Waals surface area contributed by atoms with Crippen LogP contribution in [-0.4, -0.2) is 31.0 Å². The molecular formula is C19H19N3O4S. The first kappa shape index (κ1) is 18.7. The van der Waals surface area contributed by atoms with Gasteiger partial charge >= 0.3 is 5.97 Å². The van der Waals surface area contributed by atoms with Crippen molar-refractivity contribution in [2.75, 3.05) is 14.2 Å². The molecule has 2 aromatic carbocycles. The van der Waals surface area contributed by atoms with Crippen molar-refractivity contribution in [2.45, 2.75) is 12.5 Å². The molecule has 0 amide bonds. The van der Waals surface area contributed by atoms with Crippen molar-refractivity contribution in [1.29, 1.82) is 0 Å². The van der Waals surface area contributed by atoms with E-state index in [1.165, 1.54) is 14.2 Å². The summed E-state index contributed by atoms with van der Waals surface area (Å²) >= 11 is 4.83. The average Bonchev–Trinajstić information content (AvgIpc) is 3.00. The van der Waals surface area contributed by atoms with Gasteiger partial charge in [-0.1, -0.05) is 36.4 Å². The lowest BCUT2D eigenvalue weighted by atomic mass is 9.97. The number of methoxy groups -OCH3 is 2. The van der Waals surface area contributed by atoms with Crippen molar-refractivity contribution in [3.63, 3.8) is 0 Å². The SMILES string of the molecule is COc1ccc2c(c1OC)C(=O)OC2C/C(=N/NC(N)=S)c1ccccc1. The summed E-state index contributed by atoms with van der Waals surface area (Å²) in [5.41, 5.74) is 10.7. The number of rotatable bonds is 6. The van der Waals surface area contributed by atoms with Gasteiger partial charge in [0.25, 0.3) is 0 Å². The van der Waals surface area contributed by atoms with Crippen molar-refractivity contribution in [1.82, 2.24) is 5.43 Å². The second-order valence-corrected chi connectivity index (χ2v) is 6.20. The van der Waals surface area contributed by atoms with E-state index in [4.69, 9.17) is 32.2 Å². The van der Waals surface area contributed by atoms with Crippen LogP contribution in [-0.2, 0) is 4.74 Å². The molecule has 8 heteroatoms. The number of hydrogen-bond acceptors (Lipinski definition) is 6. The Morgan fingerprint density at radius 1 is 1.22 bits per heavy atom. The van der Waals surface area contributed by atoms with Gasteiger partial charge < -0.3 is 19.9 Å². The molecular weight excluding hydrogens is 366 g/mol. The third-order valence-electron chi connectivity index (χ3n) is 4.16. The molecule has 0 saturated heterocycles. The number of esters is 1. The molecule has 0 bridgehead atoms. The quantitative estimate of drug-likeness (QED) is 0.341. The Morgan fingerprint density at radius 3 is 2.59 bits per heavy atom. The molecule has 0 aliphatic carbocycles. The van der Waals surface area contributed by atoms with Crippen LogP contribution in [0.15, 0.2) is 47.6 Å². The number of nitrogens with two attached hydrogens (primary N) is 1. The van der Waals surface area contributed by atoms with Crippen molar-refractivity contribution >= 4 is 29.0 Å². The smallest absolute Gasteiger partial charge is 0.343 e. The summed E-state index contributed by atoms with van der Waals surface area (Å²) < 4.78 is 16.2. The Labute approximate surface area is 162 Å². The predicted molar refractivity (Wildman–Crippen MR) is 105 cm³/mol. The van der Waals surface area contributed by atoms with Gasteiger partial charge in [-0.05, 0) is 23.8 Å². The van der Waals surface area contributed by atoms with E-state index in [1.54, 1.807) is 12.1 Å². The summed E-state index contributed by atoms with van der Waals surface area (Å²) in [4.78, 5) is 12.5. The molecule has 0 spiro atoms. The normalized spacial score (nSPS) is 15.7. The van der Waals surface area contributed by atoms with E-state index in [2.05, 4.69) is 10.5 Å². The van der Waals surface area contributed by atoms with Crippen LogP contribution in [0.3, 0.4) is 0 Å². The Bertz CT molecular complexity index is 899. The van der Waals surface area contributed by atoms with E-state index in [-0.39, 0.29) is 5.11 Å². The lowest BCUT2D eigenvalue weighted by molar-refractivity contribution is 0.0398. The molecule has 3 N–H and O–H groups in total. The zero-order valence-electron chi connectivity index (χ0n) is 14.9. The van der Waals surface area contributed by atoms with Crippen LogP contribution < -0.4 is 20.6 Å². The zero-order valence-corrected chi connectivity index (χ0v) is 15.7. The van der Waals surface area contributed by atoms with Crippen LogP contribution in [0.25, 0.3) is 0 Å². The van der Waals surface area contributed by atoms with Crippen molar-refractivity contribution in [3.05, 3.63) is 59.2 Å². The number of hydrogen-bond donors (Lipinski definition) is 2. The third kappa shape index (κ3) is 3.85. The fraction of sp³-hybridized carbons (Fsp3) is 0.211. The summed E-state index contributed by atoms with van der Waals surface area (Å²) in [6, 6.07) is 13.1. The topological polar surface area (TPSA) is 95.2 Å². The van der Waals surface area contributed by atoms with Crippen LogP contribution in [0.2, 0.25) is 0 Å². The highest BCUT2D eigenvalue weighted by atomic mass is 32.1. The molecule has 1 heterocycles. The summed E-state index contributed by atoms with van der Waals surface area (Å²) in [7, 11) is 3.01. The molecule has 140 valence electrons. The number of nitrogens with one attached hydrogen (secondary N) is 1. The number of benzene rings is 2. The molecule has 0 saturated carbocycles. The van der Waals surface area contributed by atoms with Crippen molar-refractivity contribution in [2.24, 2.45) is 10.8 Å². The number of ether oxygens (including phenoxy) is 3. The van der Waals surface area contributed by atoms with Gasteiger partial charge in [0.2, 0.25) is 0 Å². The second-order valence-electron chi connectivity index (χ2n) is 5.76. The Morgan fingerprint density at radius 2 is 1.96 bits per heavy atom. The number of cyclic esters (lactones) is 1. The van der Waals surface area contributed by atoms with E-state index >= 15 is 0 Å². The molecule has 0 fully saturated rings. The highest BCUT2D eigenvalue weighted by Gasteiger charge is 2.36. The lowest BCUT2D eigenvalue weighted by Gasteiger charge is -2.14. The van der Waals surface area contributed by atoms with Gasteiger partial charge in [-0.2, -0.15) is 5.10 Å². The molecule has 2 aromatic rings. The molecule has 1 aliphatic heterocycles. The van der Waals surface area contributed by atoms with E-state index in [0.29, 0.717) is 29.2 Å². The van der Waals surface area contributed by atoms with Crippen LogP contribution in [0.5, 0.6) is 11.5 Å². The van der Waals surface area contributed by atoms with Gasteiger partial charge in [-0.3, -0.25) is 5.43 Å². The number of fused-ring (bicyclic) bond motifs is 1. The molecule has 1 aliphatic rings. The van der Waals surface area contributed by atoms with Crippen LogP contribution in [0.1, 0.15) is 34.0 Å². The monoisotopic (exact) mass is 385 g/mol. The third-order valence-corrected chi connectivity index (χ3v) is 4.26. The van der Waals surface area contributed by atoms with Crippen LogP contribution in [0, 0.1) is 0 Å². The highest BCUT2D eigenvalue weighted by molar-refractivity contribution is 7.80. The minimum Gasteiger partial charge on any atom is -0.493 e. The maximum Gasteiger partial charge on any atom is 0.343 e. The molecule has 1 unspecified atom stereocenters. The maximum atomic E-state index is 12.5. The molecule has 0 aromatic heterocycles.